The van der Waals surface area contributed by atoms with Gasteiger partial charge in [0.1, 0.15) is 0 Å². The molecule has 21 heavy (non-hydrogen) atoms. The number of amides is 1. The van der Waals surface area contributed by atoms with E-state index in [9.17, 15) is 14.7 Å². The average Bonchev–Trinajstić information content (AvgIpc) is 3.03. The number of halogens is 1. The van der Waals surface area contributed by atoms with Crippen LogP contribution in [-0.2, 0) is 10.4 Å². The summed E-state index contributed by atoms with van der Waals surface area (Å²) in [5, 5.41) is 15.4. The van der Waals surface area contributed by atoms with Gasteiger partial charge < -0.3 is 10.4 Å². The lowest BCUT2D eigenvalue weighted by Gasteiger charge is -2.20. The zero-order valence-corrected chi connectivity index (χ0v) is 12.7. The highest BCUT2D eigenvalue weighted by molar-refractivity contribution is 7.12. The molecule has 2 heterocycles. The Morgan fingerprint density at radius 3 is 2.86 bits per heavy atom. The van der Waals surface area contributed by atoms with Crippen molar-refractivity contribution in [3.63, 3.8) is 0 Å². The number of thiophene rings is 1. The number of rotatable bonds is 3. The Morgan fingerprint density at radius 1 is 1.43 bits per heavy atom. The first kappa shape index (κ1) is 14.3. The van der Waals surface area contributed by atoms with E-state index in [1.165, 1.54) is 11.3 Å². The fourth-order valence-electron chi connectivity index (χ4n) is 2.50. The number of hydrogen-bond acceptors (Lipinski definition) is 4. The molecule has 0 bridgehead atoms. The number of hydrogen-bond donors (Lipinski definition) is 2. The third-order valence-electron chi connectivity index (χ3n) is 3.60. The highest BCUT2D eigenvalue weighted by Crippen LogP contribution is 2.44. The molecule has 0 aliphatic carbocycles. The molecule has 3 rings (SSSR count). The van der Waals surface area contributed by atoms with E-state index in [2.05, 4.69) is 5.32 Å². The summed E-state index contributed by atoms with van der Waals surface area (Å²) in [6.07, 6.45) is -0.324. The van der Waals surface area contributed by atoms with Crippen LogP contribution in [0, 0.1) is 6.92 Å². The molecule has 1 amide bonds. The number of carbonyl (C=O) groups excluding carboxylic acids is 2. The molecule has 1 aromatic carbocycles. The van der Waals surface area contributed by atoms with Crippen LogP contribution in [0.2, 0.25) is 5.02 Å². The van der Waals surface area contributed by atoms with Crippen molar-refractivity contribution in [2.75, 3.05) is 5.32 Å². The van der Waals surface area contributed by atoms with Crippen LogP contribution in [0.4, 0.5) is 5.69 Å². The molecule has 0 spiro atoms. The molecule has 4 nitrogen and oxygen atoms in total. The predicted molar refractivity (Wildman–Crippen MR) is 82.0 cm³/mol. The summed E-state index contributed by atoms with van der Waals surface area (Å²) in [5.74, 6) is -0.897. The van der Waals surface area contributed by atoms with E-state index in [1.54, 1.807) is 29.6 Å². The topological polar surface area (TPSA) is 66.4 Å². The van der Waals surface area contributed by atoms with Crippen LogP contribution < -0.4 is 5.32 Å². The van der Waals surface area contributed by atoms with Crippen molar-refractivity contribution >= 4 is 40.3 Å². The van der Waals surface area contributed by atoms with Crippen LogP contribution in [0.5, 0.6) is 0 Å². The first-order valence-electron chi connectivity index (χ1n) is 6.33. The van der Waals surface area contributed by atoms with Gasteiger partial charge in [0, 0.05) is 10.6 Å². The number of aryl methyl sites for hydroxylation is 1. The van der Waals surface area contributed by atoms with Gasteiger partial charge in [-0.3, -0.25) is 9.59 Å². The monoisotopic (exact) mass is 321 g/mol. The van der Waals surface area contributed by atoms with Gasteiger partial charge in [-0.05, 0) is 30.0 Å². The van der Waals surface area contributed by atoms with Gasteiger partial charge in [-0.2, -0.15) is 0 Å². The molecule has 1 aliphatic rings. The van der Waals surface area contributed by atoms with Gasteiger partial charge in [-0.25, -0.2) is 0 Å². The molecule has 0 saturated heterocycles. The first-order chi connectivity index (χ1) is 9.93. The number of aliphatic hydroxyl groups is 1. The SMILES string of the molecule is Cc1ccc(Cl)c2c1NC(=O)[C@@]2(O)CC(=O)c1cccs1. The number of anilines is 1. The fourth-order valence-corrected chi connectivity index (χ4v) is 3.48. The van der Waals surface area contributed by atoms with Crippen LogP contribution in [-0.4, -0.2) is 16.8 Å². The molecule has 6 heteroatoms. The number of carbonyl (C=O) groups is 2. The van der Waals surface area contributed by atoms with Crippen molar-refractivity contribution in [2.45, 2.75) is 18.9 Å². The molecular formula is C15H12ClNO3S. The van der Waals surface area contributed by atoms with Gasteiger partial charge in [0.25, 0.3) is 5.91 Å². The predicted octanol–water partition coefficient (Wildman–Crippen LogP) is 3.12. The first-order valence-corrected chi connectivity index (χ1v) is 7.59. The number of benzene rings is 1. The van der Waals surface area contributed by atoms with Gasteiger partial charge in [0.2, 0.25) is 0 Å². The minimum atomic E-state index is -1.92. The smallest absolute Gasteiger partial charge is 0.261 e. The zero-order chi connectivity index (χ0) is 15.2. The van der Waals surface area contributed by atoms with Crippen LogP contribution in [0.15, 0.2) is 29.6 Å². The summed E-state index contributed by atoms with van der Waals surface area (Å²) >= 11 is 7.42. The Hall–Kier alpha value is -1.69. The summed E-state index contributed by atoms with van der Waals surface area (Å²) in [6, 6.07) is 6.80. The van der Waals surface area contributed by atoms with Crippen LogP contribution in [0.3, 0.4) is 0 Å². The van der Waals surface area contributed by atoms with E-state index in [4.69, 9.17) is 11.6 Å². The Balaban J connectivity index is 2.05. The second-order valence-corrected chi connectivity index (χ2v) is 6.36. The number of ketones is 1. The Morgan fingerprint density at radius 2 is 2.19 bits per heavy atom. The van der Waals surface area contributed by atoms with Gasteiger partial charge in [-0.15, -0.1) is 11.3 Å². The summed E-state index contributed by atoms with van der Waals surface area (Å²) < 4.78 is 0. The summed E-state index contributed by atoms with van der Waals surface area (Å²) in [6.45, 7) is 1.81. The minimum Gasteiger partial charge on any atom is -0.375 e. The maximum Gasteiger partial charge on any atom is 0.261 e. The van der Waals surface area contributed by atoms with Crippen LogP contribution in [0.1, 0.15) is 27.2 Å². The minimum absolute atomic E-state index is 0.274. The summed E-state index contributed by atoms with van der Waals surface area (Å²) in [4.78, 5) is 24.9. The molecule has 108 valence electrons. The lowest BCUT2D eigenvalue weighted by Crippen LogP contribution is -2.36. The number of nitrogens with one attached hydrogen (secondary N) is 1. The van der Waals surface area contributed by atoms with Crippen molar-refractivity contribution in [3.8, 4) is 0 Å². The van der Waals surface area contributed by atoms with Crippen molar-refractivity contribution in [1.29, 1.82) is 0 Å². The highest BCUT2D eigenvalue weighted by Gasteiger charge is 2.48. The second-order valence-electron chi connectivity index (χ2n) is 5.01. The Bertz CT molecular complexity index is 742. The number of fused-ring (bicyclic) bond motifs is 1. The second kappa shape index (κ2) is 4.94. The maximum atomic E-state index is 12.2. The number of Topliss-reactive ketones (excluding diaryl/α,β-unsaturated/α-hetero) is 1. The van der Waals surface area contributed by atoms with Crippen LogP contribution in [0.25, 0.3) is 0 Å². The van der Waals surface area contributed by atoms with E-state index in [-0.39, 0.29) is 17.2 Å². The van der Waals surface area contributed by atoms with E-state index >= 15 is 0 Å². The zero-order valence-electron chi connectivity index (χ0n) is 11.1. The lowest BCUT2D eigenvalue weighted by molar-refractivity contribution is -0.133. The van der Waals surface area contributed by atoms with Gasteiger partial charge in [-0.1, -0.05) is 23.7 Å². The Labute approximate surface area is 130 Å². The summed E-state index contributed by atoms with van der Waals surface area (Å²) in [5.41, 5.74) is -0.338. The van der Waals surface area contributed by atoms with Crippen LogP contribution >= 0.6 is 22.9 Å². The quantitative estimate of drug-likeness (QED) is 0.854. The molecule has 2 N–H and O–H groups in total. The molecule has 2 aromatic rings. The molecule has 0 radical (unpaired) electrons. The van der Waals surface area contributed by atoms with Crippen molar-refractivity contribution < 1.29 is 14.7 Å². The maximum absolute atomic E-state index is 12.2. The van der Waals surface area contributed by atoms with E-state index in [1.807, 2.05) is 6.92 Å². The third kappa shape index (κ3) is 2.18. The molecule has 0 saturated carbocycles. The molecule has 1 aliphatic heterocycles. The van der Waals surface area contributed by atoms with Crippen molar-refractivity contribution in [2.24, 2.45) is 0 Å². The molecule has 0 unspecified atom stereocenters. The van der Waals surface area contributed by atoms with E-state index in [0.717, 1.165) is 5.56 Å². The van der Waals surface area contributed by atoms with Gasteiger partial charge in [0.05, 0.1) is 17.0 Å². The molecule has 0 fully saturated rings. The molecular weight excluding hydrogens is 310 g/mol. The van der Waals surface area contributed by atoms with Gasteiger partial charge >= 0.3 is 0 Å². The van der Waals surface area contributed by atoms with Gasteiger partial charge in [0.15, 0.2) is 11.4 Å². The van der Waals surface area contributed by atoms with E-state index < -0.39 is 11.5 Å². The van der Waals surface area contributed by atoms with Crippen molar-refractivity contribution in [3.05, 3.63) is 50.7 Å². The average molecular weight is 322 g/mol. The molecule has 1 aromatic heterocycles. The molecule has 1 atom stereocenters. The third-order valence-corrected chi connectivity index (χ3v) is 4.83. The lowest BCUT2D eigenvalue weighted by atomic mass is 9.88. The Kier molecular flexibility index (Phi) is 3.36. The highest BCUT2D eigenvalue weighted by atomic mass is 35.5. The summed E-state index contributed by atoms with van der Waals surface area (Å²) in [7, 11) is 0. The standard InChI is InChI=1S/C15H12ClNO3S/c1-8-4-5-9(16)12-13(8)17-14(19)15(12,20)7-10(18)11-3-2-6-21-11/h2-6,20H,7H2,1H3,(H,17,19)/t15-/m1/s1. The van der Waals surface area contributed by atoms with Crippen molar-refractivity contribution in [1.82, 2.24) is 0 Å². The largest absolute Gasteiger partial charge is 0.375 e. The normalized spacial score (nSPS) is 20.2. The van der Waals surface area contributed by atoms with E-state index in [0.29, 0.717) is 16.1 Å². The fraction of sp³-hybridized carbons (Fsp3) is 0.200.